The number of rotatable bonds is 0. The lowest BCUT2D eigenvalue weighted by Gasteiger charge is -1.94. The van der Waals surface area contributed by atoms with Crippen LogP contribution in [0.15, 0.2) is 21.6 Å². The van der Waals surface area contributed by atoms with E-state index >= 15 is 0 Å². The minimum Gasteiger partial charge on any atom is -0.259 e. The van der Waals surface area contributed by atoms with Crippen molar-refractivity contribution in [1.29, 1.82) is 0 Å². The van der Waals surface area contributed by atoms with Crippen LogP contribution in [0.3, 0.4) is 0 Å². The van der Waals surface area contributed by atoms with Gasteiger partial charge in [-0.05, 0) is 22.0 Å². The fourth-order valence-corrected chi connectivity index (χ4v) is 2.74. The van der Waals surface area contributed by atoms with Crippen molar-refractivity contribution in [3.63, 3.8) is 0 Å². The molecule has 0 N–H and O–H groups in total. The Hall–Kier alpha value is 0.0700. The topological polar surface area (TPSA) is 12.9 Å². The Kier molecular flexibility index (Phi) is 1.99. The lowest BCUT2D eigenvalue weighted by Crippen LogP contribution is -1.87. The highest BCUT2D eigenvalue weighted by Crippen LogP contribution is 2.33. The molecule has 1 nitrogen and oxygen atoms in total. The minimum absolute atomic E-state index is 0.850. The van der Waals surface area contributed by atoms with E-state index in [-0.39, 0.29) is 0 Å². The van der Waals surface area contributed by atoms with Gasteiger partial charge in [0.15, 0.2) is 0 Å². The number of hydrogen-bond donors (Lipinski definition) is 0. The number of thiocarbonyl (C=S) groups is 1. The first-order valence-electron chi connectivity index (χ1n) is 3.11. The van der Waals surface area contributed by atoms with Gasteiger partial charge in [-0.1, -0.05) is 24.0 Å². The summed E-state index contributed by atoms with van der Waals surface area (Å²) in [6.45, 7) is 0. The first-order chi connectivity index (χ1) is 5.25. The summed E-state index contributed by atoms with van der Waals surface area (Å²) >= 11 is 10.1. The molecule has 0 atom stereocenters. The molecule has 1 aliphatic rings. The predicted octanol–water partition coefficient (Wildman–Crippen LogP) is 2.82. The third-order valence-electron chi connectivity index (χ3n) is 1.43. The van der Waals surface area contributed by atoms with Crippen LogP contribution in [0.5, 0.6) is 0 Å². The number of pyridine rings is 1. The van der Waals surface area contributed by atoms with Gasteiger partial charge in [0.1, 0.15) is 0 Å². The average Bonchev–Trinajstić information content (AvgIpc) is 2.27. The third kappa shape index (κ3) is 1.48. The van der Waals surface area contributed by atoms with Crippen molar-refractivity contribution < 1.29 is 0 Å². The molecule has 56 valence electrons. The molecule has 4 heteroatoms. The van der Waals surface area contributed by atoms with E-state index in [1.54, 1.807) is 11.8 Å². The van der Waals surface area contributed by atoms with Crippen LogP contribution < -0.4 is 0 Å². The summed E-state index contributed by atoms with van der Waals surface area (Å²) in [6, 6.07) is 2.06. The summed E-state index contributed by atoms with van der Waals surface area (Å²) < 4.78 is 2.04. The summed E-state index contributed by atoms with van der Waals surface area (Å²) in [4.78, 5) is 5.45. The van der Waals surface area contributed by atoms with Crippen molar-refractivity contribution in [3.05, 3.63) is 22.4 Å². The number of thioether (sulfide) groups is 1. The number of hydrogen-bond acceptors (Lipinski definition) is 3. The zero-order valence-corrected chi connectivity index (χ0v) is 8.72. The van der Waals surface area contributed by atoms with Gasteiger partial charge in [0.05, 0.1) is 9.89 Å². The quantitative estimate of drug-likeness (QED) is 0.653. The van der Waals surface area contributed by atoms with E-state index in [0.717, 1.165) is 20.8 Å². The molecule has 2 heterocycles. The van der Waals surface area contributed by atoms with Crippen molar-refractivity contribution in [2.24, 2.45) is 0 Å². The molecule has 0 spiro atoms. The standard InChI is InChI=1S/C7H4BrNS2/c8-4-1-6-5(9-3-4)2-7(10)11-6/h1,3H,2H2. The van der Waals surface area contributed by atoms with E-state index in [1.807, 2.05) is 6.20 Å². The smallest absolute Gasteiger partial charge is 0.0601 e. The molecule has 1 aromatic rings. The number of fused-ring (bicyclic) bond motifs is 1. The van der Waals surface area contributed by atoms with Crippen molar-refractivity contribution in [2.75, 3.05) is 0 Å². The van der Waals surface area contributed by atoms with Crippen LogP contribution in [-0.2, 0) is 6.42 Å². The average molecular weight is 246 g/mol. The molecule has 0 aliphatic carbocycles. The predicted molar refractivity (Wildman–Crippen MR) is 54.1 cm³/mol. The van der Waals surface area contributed by atoms with Gasteiger partial charge in [0.2, 0.25) is 0 Å². The Labute approximate surface area is 82.7 Å². The highest BCUT2D eigenvalue weighted by molar-refractivity contribution is 9.10. The maximum absolute atomic E-state index is 5.08. The van der Waals surface area contributed by atoms with Gasteiger partial charge in [0.25, 0.3) is 0 Å². The van der Waals surface area contributed by atoms with Gasteiger partial charge < -0.3 is 0 Å². The van der Waals surface area contributed by atoms with Gasteiger partial charge in [-0.25, -0.2) is 0 Å². The molecule has 0 fully saturated rings. The van der Waals surface area contributed by atoms with Crippen LogP contribution in [0, 0.1) is 0 Å². The van der Waals surface area contributed by atoms with Crippen LogP contribution in [0.1, 0.15) is 5.69 Å². The first kappa shape index (κ1) is 7.71. The van der Waals surface area contributed by atoms with E-state index in [0.29, 0.717) is 0 Å². The van der Waals surface area contributed by atoms with Gasteiger partial charge in [0, 0.05) is 22.0 Å². The molecule has 0 bridgehead atoms. The normalized spacial score (nSPS) is 15.2. The van der Waals surface area contributed by atoms with Crippen LogP contribution in [0.4, 0.5) is 0 Å². The fraction of sp³-hybridized carbons (Fsp3) is 0.143. The van der Waals surface area contributed by atoms with Crippen molar-refractivity contribution in [1.82, 2.24) is 4.98 Å². The molecule has 0 aromatic carbocycles. The Bertz CT molecular complexity index is 324. The van der Waals surface area contributed by atoms with E-state index < -0.39 is 0 Å². The fourth-order valence-electron chi connectivity index (χ4n) is 0.966. The highest BCUT2D eigenvalue weighted by Gasteiger charge is 2.17. The summed E-state index contributed by atoms with van der Waals surface area (Å²) in [5.41, 5.74) is 1.11. The van der Waals surface area contributed by atoms with E-state index in [2.05, 4.69) is 27.0 Å². The first-order valence-corrected chi connectivity index (χ1v) is 5.12. The summed E-state index contributed by atoms with van der Waals surface area (Å²) in [5, 5.41) is 0. The summed E-state index contributed by atoms with van der Waals surface area (Å²) in [5.74, 6) is 0. The molecule has 1 aliphatic heterocycles. The van der Waals surface area contributed by atoms with E-state index in [9.17, 15) is 0 Å². The zero-order valence-electron chi connectivity index (χ0n) is 5.50. The number of aromatic nitrogens is 1. The van der Waals surface area contributed by atoms with Crippen LogP contribution in [-0.4, -0.2) is 9.18 Å². The Balaban J connectivity index is 2.51. The Morgan fingerprint density at radius 2 is 2.45 bits per heavy atom. The van der Waals surface area contributed by atoms with Crippen LogP contribution in [0.25, 0.3) is 0 Å². The molecule has 2 rings (SSSR count). The van der Waals surface area contributed by atoms with Crippen LogP contribution >= 0.6 is 39.9 Å². The highest BCUT2D eigenvalue weighted by atomic mass is 79.9. The van der Waals surface area contributed by atoms with Gasteiger partial charge in [-0.3, -0.25) is 4.98 Å². The van der Waals surface area contributed by atoms with Gasteiger partial charge in [-0.2, -0.15) is 0 Å². The zero-order chi connectivity index (χ0) is 7.84. The molecular formula is C7H4BrNS2. The van der Waals surface area contributed by atoms with E-state index in [1.165, 1.54) is 4.90 Å². The van der Waals surface area contributed by atoms with E-state index in [4.69, 9.17) is 12.2 Å². The van der Waals surface area contributed by atoms with Gasteiger partial charge >= 0.3 is 0 Å². The van der Waals surface area contributed by atoms with Crippen LogP contribution in [0.2, 0.25) is 0 Å². The molecule has 11 heavy (non-hydrogen) atoms. The van der Waals surface area contributed by atoms with Gasteiger partial charge in [-0.15, -0.1) is 0 Å². The Morgan fingerprint density at radius 3 is 3.27 bits per heavy atom. The maximum Gasteiger partial charge on any atom is 0.0601 e. The van der Waals surface area contributed by atoms with Crippen molar-refractivity contribution in [3.8, 4) is 0 Å². The number of nitrogens with zero attached hydrogens (tertiary/aromatic N) is 1. The summed E-state index contributed by atoms with van der Waals surface area (Å²) in [6.07, 6.45) is 2.66. The molecule has 0 saturated carbocycles. The summed E-state index contributed by atoms with van der Waals surface area (Å²) in [7, 11) is 0. The second kappa shape index (κ2) is 2.84. The molecule has 0 radical (unpaired) electrons. The van der Waals surface area contributed by atoms with Crippen molar-refractivity contribution >= 4 is 44.1 Å². The number of halogens is 1. The third-order valence-corrected chi connectivity index (χ3v) is 3.21. The monoisotopic (exact) mass is 245 g/mol. The van der Waals surface area contributed by atoms with Crippen molar-refractivity contribution in [2.45, 2.75) is 11.3 Å². The lowest BCUT2D eigenvalue weighted by molar-refractivity contribution is 1.08. The largest absolute Gasteiger partial charge is 0.259 e. The molecular weight excluding hydrogens is 242 g/mol. The second-order valence-corrected chi connectivity index (χ2v) is 5.05. The lowest BCUT2D eigenvalue weighted by atomic mass is 10.3. The SMILES string of the molecule is S=C1Cc2ncc(Br)cc2S1. The Morgan fingerprint density at radius 1 is 1.64 bits per heavy atom. The minimum atomic E-state index is 0.850. The second-order valence-electron chi connectivity index (χ2n) is 2.25. The molecule has 0 saturated heterocycles. The maximum atomic E-state index is 5.08. The molecule has 1 aromatic heterocycles. The molecule has 0 amide bonds. The molecule has 0 unspecified atom stereocenters.